The van der Waals surface area contributed by atoms with Gasteiger partial charge in [-0.25, -0.2) is 5.43 Å². The van der Waals surface area contributed by atoms with Crippen molar-refractivity contribution in [3.05, 3.63) is 33.4 Å². The van der Waals surface area contributed by atoms with Crippen molar-refractivity contribution < 1.29 is 4.79 Å². The van der Waals surface area contributed by atoms with Crippen LogP contribution < -0.4 is 5.43 Å². The monoisotopic (exact) mass is 330 g/mol. The molecule has 1 rings (SSSR count). The molecule has 86 valence electrons. The lowest BCUT2D eigenvalue weighted by Crippen LogP contribution is -2.16. The van der Waals surface area contributed by atoms with E-state index in [1.54, 1.807) is 6.21 Å². The lowest BCUT2D eigenvalue weighted by Gasteiger charge is -1.98. The number of nitrogens with one attached hydrogen (secondary N) is 1. The van der Waals surface area contributed by atoms with E-state index >= 15 is 0 Å². The second kappa shape index (κ2) is 7.38. The minimum Gasteiger partial charge on any atom is -0.273 e. The van der Waals surface area contributed by atoms with Gasteiger partial charge in [0, 0.05) is 9.99 Å². The number of benzene rings is 1. The summed E-state index contributed by atoms with van der Waals surface area (Å²) in [6.45, 7) is 2.06. The standard InChI is InChI=1S/C12H15IN2O/c1-2-3-7-12(16)15-14-9-10-5-4-6-11(13)8-10/h4-6,8-9H,2-3,7H2,1H3,(H,15,16)/b14-9-. The fourth-order valence-corrected chi connectivity index (χ4v) is 1.73. The largest absolute Gasteiger partial charge is 0.273 e. The Morgan fingerprint density at radius 3 is 3.06 bits per heavy atom. The Bertz CT molecular complexity index is 377. The van der Waals surface area contributed by atoms with Gasteiger partial charge in [-0.05, 0) is 46.7 Å². The normalized spacial score (nSPS) is 10.6. The molecule has 1 aromatic carbocycles. The van der Waals surface area contributed by atoms with Gasteiger partial charge in [-0.3, -0.25) is 4.79 Å². The third-order valence-corrected chi connectivity index (χ3v) is 2.68. The highest BCUT2D eigenvalue weighted by atomic mass is 127. The molecule has 1 N–H and O–H groups in total. The molecule has 16 heavy (non-hydrogen) atoms. The predicted octanol–water partition coefficient (Wildman–Crippen LogP) is 2.93. The summed E-state index contributed by atoms with van der Waals surface area (Å²) in [7, 11) is 0. The molecule has 0 atom stereocenters. The molecule has 0 spiro atoms. The van der Waals surface area contributed by atoms with Gasteiger partial charge in [0.2, 0.25) is 5.91 Å². The molecular formula is C12H15IN2O. The maximum atomic E-state index is 11.2. The summed E-state index contributed by atoms with van der Waals surface area (Å²) < 4.78 is 1.15. The van der Waals surface area contributed by atoms with Crippen LogP contribution in [0.15, 0.2) is 29.4 Å². The highest BCUT2D eigenvalue weighted by molar-refractivity contribution is 14.1. The van der Waals surface area contributed by atoms with Crippen LogP contribution in [0.5, 0.6) is 0 Å². The second-order valence-electron chi connectivity index (χ2n) is 3.45. The average molecular weight is 330 g/mol. The van der Waals surface area contributed by atoms with Crippen molar-refractivity contribution in [3.8, 4) is 0 Å². The number of amides is 1. The van der Waals surface area contributed by atoms with Gasteiger partial charge in [-0.1, -0.05) is 25.5 Å². The summed E-state index contributed by atoms with van der Waals surface area (Å²) in [5.41, 5.74) is 3.50. The van der Waals surface area contributed by atoms with Gasteiger partial charge in [0.1, 0.15) is 0 Å². The maximum absolute atomic E-state index is 11.2. The minimum atomic E-state index is -0.0243. The zero-order valence-electron chi connectivity index (χ0n) is 9.24. The van der Waals surface area contributed by atoms with Crippen LogP contribution in [0.2, 0.25) is 0 Å². The molecule has 0 aromatic heterocycles. The smallest absolute Gasteiger partial charge is 0.240 e. The van der Waals surface area contributed by atoms with E-state index in [4.69, 9.17) is 0 Å². The fraction of sp³-hybridized carbons (Fsp3) is 0.333. The van der Waals surface area contributed by atoms with Crippen LogP contribution in [-0.2, 0) is 4.79 Å². The van der Waals surface area contributed by atoms with Gasteiger partial charge in [0.15, 0.2) is 0 Å². The SMILES string of the molecule is CCCCC(=O)N/N=C\c1cccc(I)c1. The number of nitrogens with zero attached hydrogens (tertiary/aromatic N) is 1. The van der Waals surface area contributed by atoms with Gasteiger partial charge in [0.25, 0.3) is 0 Å². The molecular weight excluding hydrogens is 315 g/mol. The lowest BCUT2D eigenvalue weighted by atomic mass is 10.2. The average Bonchev–Trinajstić information content (AvgIpc) is 2.26. The first-order chi connectivity index (χ1) is 7.72. The Hall–Kier alpha value is -0.910. The van der Waals surface area contributed by atoms with Crippen LogP contribution in [0, 0.1) is 3.57 Å². The molecule has 0 aliphatic rings. The summed E-state index contributed by atoms with van der Waals surface area (Å²) in [4.78, 5) is 11.2. The van der Waals surface area contributed by atoms with Crippen molar-refractivity contribution >= 4 is 34.7 Å². The van der Waals surface area contributed by atoms with E-state index in [9.17, 15) is 4.79 Å². The van der Waals surface area contributed by atoms with E-state index in [0.29, 0.717) is 6.42 Å². The van der Waals surface area contributed by atoms with Crippen molar-refractivity contribution in [2.24, 2.45) is 5.10 Å². The first-order valence-electron chi connectivity index (χ1n) is 5.30. The van der Waals surface area contributed by atoms with E-state index in [1.165, 1.54) is 0 Å². The molecule has 0 aliphatic heterocycles. The molecule has 0 unspecified atom stereocenters. The van der Waals surface area contributed by atoms with Crippen LogP contribution in [-0.4, -0.2) is 12.1 Å². The van der Waals surface area contributed by atoms with E-state index < -0.39 is 0 Å². The van der Waals surface area contributed by atoms with Crippen molar-refractivity contribution in [1.82, 2.24) is 5.43 Å². The second-order valence-corrected chi connectivity index (χ2v) is 4.70. The van der Waals surface area contributed by atoms with Gasteiger partial charge in [-0.15, -0.1) is 0 Å². The summed E-state index contributed by atoms with van der Waals surface area (Å²) in [5, 5.41) is 3.91. The lowest BCUT2D eigenvalue weighted by molar-refractivity contribution is -0.121. The van der Waals surface area contributed by atoms with E-state index in [0.717, 1.165) is 22.0 Å². The third kappa shape index (κ3) is 5.25. The summed E-state index contributed by atoms with van der Waals surface area (Å²) >= 11 is 2.24. The van der Waals surface area contributed by atoms with Gasteiger partial charge in [0.05, 0.1) is 6.21 Å². The third-order valence-electron chi connectivity index (χ3n) is 2.01. The molecule has 0 bridgehead atoms. The Morgan fingerprint density at radius 1 is 1.56 bits per heavy atom. The summed E-state index contributed by atoms with van der Waals surface area (Å²) in [6, 6.07) is 7.92. The van der Waals surface area contributed by atoms with Crippen LogP contribution in [0.3, 0.4) is 0 Å². The number of carbonyl (C=O) groups is 1. The van der Waals surface area contributed by atoms with Crippen molar-refractivity contribution in [2.45, 2.75) is 26.2 Å². The van der Waals surface area contributed by atoms with E-state index in [1.807, 2.05) is 24.3 Å². The van der Waals surface area contributed by atoms with Gasteiger partial charge >= 0.3 is 0 Å². The minimum absolute atomic E-state index is 0.0243. The highest BCUT2D eigenvalue weighted by Crippen LogP contribution is 2.05. The molecule has 1 aromatic rings. The number of carbonyl (C=O) groups excluding carboxylic acids is 1. The van der Waals surface area contributed by atoms with Gasteiger partial charge in [-0.2, -0.15) is 5.10 Å². The Labute approximate surface area is 109 Å². The Kier molecular flexibility index (Phi) is 6.07. The molecule has 0 radical (unpaired) electrons. The molecule has 0 saturated heterocycles. The zero-order chi connectivity index (χ0) is 11.8. The number of hydrogen-bond acceptors (Lipinski definition) is 2. The Balaban J connectivity index is 2.40. The maximum Gasteiger partial charge on any atom is 0.240 e. The first-order valence-corrected chi connectivity index (χ1v) is 6.37. The zero-order valence-corrected chi connectivity index (χ0v) is 11.4. The van der Waals surface area contributed by atoms with Gasteiger partial charge < -0.3 is 0 Å². The van der Waals surface area contributed by atoms with Crippen molar-refractivity contribution in [3.63, 3.8) is 0 Å². The Morgan fingerprint density at radius 2 is 2.38 bits per heavy atom. The highest BCUT2D eigenvalue weighted by Gasteiger charge is 1.96. The van der Waals surface area contributed by atoms with Crippen molar-refractivity contribution in [1.29, 1.82) is 0 Å². The number of rotatable bonds is 5. The number of unbranched alkanes of at least 4 members (excludes halogenated alkanes) is 1. The van der Waals surface area contributed by atoms with Crippen LogP contribution in [0.4, 0.5) is 0 Å². The van der Waals surface area contributed by atoms with Crippen LogP contribution in [0.25, 0.3) is 0 Å². The molecule has 1 amide bonds. The molecule has 0 heterocycles. The quantitative estimate of drug-likeness (QED) is 0.503. The molecule has 0 aliphatic carbocycles. The number of halogens is 1. The van der Waals surface area contributed by atoms with Crippen molar-refractivity contribution in [2.75, 3.05) is 0 Å². The summed E-state index contributed by atoms with van der Waals surface area (Å²) in [6.07, 6.45) is 4.13. The fourth-order valence-electron chi connectivity index (χ4n) is 1.16. The van der Waals surface area contributed by atoms with E-state index in [2.05, 4.69) is 40.0 Å². The topological polar surface area (TPSA) is 41.5 Å². The first kappa shape index (κ1) is 13.2. The number of hydrogen-bond donors (Lipinski definition) is 1. The summed E-state index contributed by atoms with van der Waals surface area (Å²) in [5.74, 6) is -0.0243. The molecule has 0 fully saturated rings. The predicted molar refractivity (Wildman–Crippen MR) is 74.4 cm³/mol. The van der Waals surface area contributed by atoms with Crippen LogP contribution >= 0.6 is 22.6 Å². The van der Waals surface area contributed by atoms with Crippen LogP contribution in [0.1, 0.15) is 31.7 Å². The van der Waals surface area contributed by atoms with E-state index in [-0.39, 0.29) is 5.91 Å². The molecule has 4 heteroatoms. The molecule has 3 nitrogen and oxygen atoms in total. The molecule has 0 saturated carbocycles. The number of hydrazone groups is 1.